The summed E-state index contributed by atoms with van der Waals surface area (Å²) in [5.41, 5.74) is 0. The van der Waals surface area contributed by atoms with E-state index in [9.17, 15) is 0 Å². The van der Waals surface area contributed by atoms with Crippen molar-refractivity contribution in [2.45, 2.75) is 71.3 Å². The third-order valence-corrected chi connectivity index (χ3v) is 2.94. The lowest BCUT2D eigenvalue weighted by Crippen LogP contribution is -2.23. The monoisotopic (exact) mass is 241 g/mol. The molecule has 103 valence electrons. The minimum atomic E-state index is 0.634. The highest BCUT2D eigenvalue weighted by Gasteiger charge is 1.93. The number of hydrogen-bond acceptors (Lipinski definition) is 2. The van der Waals surface area contributed by atoms with Crippen molar-refractivity contribution in [2.75, 3.05) is 19.6 Å². The fourth-order valence-electron chi connectivity index (χ4n) is 1.85. The first-order chi connectivity index (χ1) is 8.27. The van der Waals surface area contributed by atoms with Crippen LogP contribution in [0.5, 0.6) is 0 Å². The molecule has 0 amide bonds. The third-order valence-electron chi connectivity index (χ3n) is 2.94. The first-order valence-corrected chi connectivity index (χ1v) is 7.50. The van der Waals surface area contributed by atoms with Gasteiger partial charge in [-0.15, -0.1) is 0 Å². The van der Waals surface area contributed by atoms with E-state index in [4.69, 9.17) is 0 Å². The minimum absolute atomic E-state index is 0.634. The molecule has 0 aromatic heterocycles. The Labute approximate surface area is 109 Å². The summed E-state index contributed by atoms with van der Waals surface area (Å²) in [6.07, 6.45) is 10.4. The summed E-state index contributed by atoms with van der Waals surface area (Å²) >= 11 is 0. The Morgan fingerprint density at radius 1 is 0.765 bits per heavy atom. The van der Waals surface area contributed by atoms with Crippen molar-refractivity contribution >= 4 is 0 Å². The second-order valence-corrected chi connectivity index (χ2v) is 5.19. The number of unbranched alkanes of at least 4 members (excludes halogenated alkanes) is 6. The Kier molecular flexibility index (Phi) is 13.9. The number of hydrogen-bond donors (Lipinski definition) is 2. The largest absolute Gasteiger partial charge is 0.317 e. The molecular formula is C15H33N2. The van der Waals surface area contributed by atoms with Crippen molar-refractivity contribution in [1.29, 1.82) is 0 Å². The summed E-state index contributed by atoms with van der Waals surface area (Å²) in [6.45, 7) is 11.8. The first-order valence-electron chi connectivity index (χ1n) is 7.50. The maximum Gasteiger partial charge on any atom is 0.00103 e. The molecule has 0 saturated carbocycles. The highest BCUT2D eigenvalue weighted by molar-refractivity contribution is 4.54. The molecule has 0 aromatic rings. The molecule has 0 saturated heterocycles. The minimum Gasteiger partial charge on any atom is -0.317 e. The lowest BCUT2D eigenvalue weighted by atomic mass is 10.2. The number of nitrogens with one attached hydrogen (secondary N) is 2. The molecule has 0 fully saturated rings. The van der Waals surface area contributed by atoms with E-state index in [2.05, 4.69) is 31.4 Å². The van der Waals surface area contributed by atoms with Crippen molar-refractivity contribution in [3.8, 4) is 0 Å². The first kappa shape index (κ1) is 16.9. The molecule has 17 heavy (non-hydrogen) atoms. The Balaban J connectivity index is 2.89. The lowest BCUT2D eigenvalue weighted by molar-refractivity contribution is 0.528. The predicted octanol–water partition coefficient (Wildman–Crippen LogP) is 3.53. The third kappa shape index (κ3) is 15.9. The Bertz CT molecular complexity index is 135. The summed E-state index contributed by atoms with van der Waals surface area (Å²) in [5.74, 6) is 0. The molecule has 2 N–H and O–H groups in total. The van der Waals surface area contributed by atoms with E-state index >= 15 is 0 Å². The molecule has 0 rings (SSSR count). The van der Waals surface area contributed by atoms with Crippen LogP contribution in [0.25, 0.3) is 0 Å². The van der Waals surface area contributed by atoms with Crippen LogP contribution in [-0.2, 0) is 0 Å². The van der Waals surface area contributed by atoms with Crippen molar-refractivity contribution < 1.29 is 0 Å². The smallest absolute Gasteiger partial charge is 0.00103 e. The van der Waals surface area contributed by atoms with E-state index in [0.717, 1.165) is 6.42 Å². The number of rotatable bonds is 13. The summed E-state index contributed by atoms with van der Waals surface area (Å²) in [7, 11) is 0. The van der Waals surface area contributed by atoms with Gasteiger partial charge in [0.2, 0.25) is 0 Å². The molecule has 0 aliphatic carbocycles. The molecule has 0 spiro atoms. The van der Waals surface area contributed by atoms with Crippen LogP contribution in [0.4, 0.5) is 0 Å². The maximum absolute atomic E-state index is 3.85. The maximum atomic E-state index is 3.85. The van der Waals surface area contributed by atoms with E-state index in [1.807, 2.05) is 0 Å². The highest BCUT2D eigenvalue weighted by Crippen LogP contribution is 1.99. The average Bonchev–Trinajstić information content (AvgIpc) is 2.30. The van der Waals surface area contributed by atoms with E-state index in [-0.39, 0.29) is 0 Å². The van der Waals surface area contributed by atoms with Crippen LogP contribution in [-0.4, -0.2) is 25.7 Å². The summed E-state index contributed by atoms with van der Waals surface area (Å²) in [4.78, 5) is 0. The quantitative estimate of drug-likeness (QED) is 0.482. The van der Waals surface area contributed by atoms with Gasteiger partial charge in [0.15, 0.2) is 0 Å². The van der Waals surface area contributed by atoms with Gasteiger partial charge in [0.1, 0.15) is 0 Å². The molecule has 0 aliphatic heterocycles. The van der Waals surface area contributed by atoms with Crippen LogP contribution < -0.4 is 10.6 Å². The van der Waals surface area contributed by atoms with Gasteiger partial charge in [-0.2, -0.15) is 0 Å². The Hall–Kier alpha value is -0.0800. The molecule has 0 atom stereocenters. The van der Waals surface area contributed by atoms with Gasteiger partial charge in [-0.1, -0.05) is 52.9 Å². The molecular weight excluding hydrogens is 208 g/mol. The van der Waals surface area contributed by atoms with Crippen molar-refractivity contribution in [3.63, 3.8) is 0 Å². The van der Waals surface area contributed by atoms with Crippen LogP contribution in [0.3, 0.4) is 0 Å². The second kappa shape index (κ2) is 14.0. The standard InChI is InChI=1S/C15H33N2/c1-4-5-6-9-12-16-13-10-7-8-11-14-17-15(2)3/h15-17H,1,4-14H2,2-3H3. The van der Waals surface area contributed by atoms with Crippen LogP contribution in [0.1, 0.15) is 65.2 Å². The highest BCUT2D eigenvalue weighted by atomic mass is 14.9. The van der Waals surface area contributed by atoms with Gasteiger partial charge in [-0.25, -0.2) is 0 Å². The van der Waals surface area contributed by atoms with Gasteiger partial charge in [-0.3, -0.25) is 0 Å². The molecule has 0 heterocycles. The van der Waals surface area contributed by atoms with E-state index in [1.165, 1.54) is 64.6 Å². The molecule has 0 aliphatic rings. The van der Waals surface area contributed by atoms with Gasteiger partial charge in [0.25, 0.3) is 0 Å². The van der Waals surface area contributed by atoms with Crippen LogP contribution in [0.15, 0.2) is 0 Å². The van der Waals surface area contributed by atoms with Crippen LogP contribution in [0.2, 0.25) is 0 Å². The topological polar surface area (TPSA) is 24.1 Å². The molecule has 0 unspecified atom stereocenters. The summed E-state index contributed by atoms with van der Waals surface area (Å²) < 4.78 is 0. The van der Waals surface area contributed by atoms with Crippen molar-refractivity contribution in [3.05, 3.63) is 6.92 Å². The zero-order valence-corrected chi connectivity index (χ0v) is 12.1. The Morgan fingerprint density at radius 3 is 1.82 bits per heavy atom. The molecule has 0 bridgehead atoms. The SMILES string of the molecule is [CH2]CCCCCNCCCCCCNC(C)C. The van der Waals surface area contributed by atoms with Gasteiger partial charge < -0.3 is 10.6 Å². The summed E-state index contributed by atoms with van der Waals surface area (Å²) in [6, 6.07) is 0.634. The fourth-order valence-corrected chi connectivity index (χ4v) is 1.85. The van der Waals surface area contributed by atoms with Gasteiger partial charge in [-0.05, 0) is 38.9 Å². The van der Waals surface area contributed by atoms with Crippen LogP contribution in [0, 0.1) is 6.92 Å². The normalized spacial score (nSPS) is 11.3. The Morgan fingerprint density at radius 2 is 1.29 bits per heavy atom. The molecule has 2 heteroatoms. The van der Waals surface area contributed by atoms with E-state index < -0.39 is 0 Å². The van der Waals surface area contributed by atoms with E-state index in [1.54, 1.807) is 0 Å². The van der Waals surface area contributed by atoms with Crippen molar-refractivity contribution in [2.24, 2.45) is 0 Å². The summed E-state index contributed by atoms with van der Waals surface area (Å²) in [5, 5.41) is 6.97. The van der Waals surface area contributed by atoms with Crippen LogP contribution >= 0.6 is 0 Å². The fraction of sp³-hybridized carbons (Fsp3) is 0.933. The second-order valence-electron chi connectivity index (χ2n) is 5.19. The van der Waals surface area contributed by atoms with Gasteiger partial charge >= 0.3 is 0 Å². The lowest BCUT2D eigenvalue weighted by Gasteiger charge is -2.07. The molecule has 2 nitrogen and oxygen atoms in total. The predicted molar refractivity (Wildman–Crippen MR) is 78.3 cm³/mol. The molecule has 0 aromatic carbocycles. The van der Waals surface area contributed by atoms with Crippen molar-refractivity contribution in [1.82, 2.24) is 10.6 Å². The van der Waals surface area contributed by atoms with E-state index in [0.29, 0.717) is 6.04 Å². The molecule has 1 radical (unpaired) electrons. The van der Waals surface area contributed by atoms with Gasteiger partial charge in [0, 0.05) is 6.04 Å². The zero-order chi connectivity index (χ0) is 12.8. The van der Waals surface area contributed by atoms with Gasteiger partial charge in [0.05, 0.1) is 0 Å². The zero-order valence-electron chi connectivity index (χ0n) is 12.1. The average molecular weight is 241 g/mol.